The van der Waals surface area contributed by atoms with Gasteiger partial charge in [-0.2, -0.15) is 0 Å². The molecule has 0 bridgehead atoms. The summed E-state index contributed by atoms with van der Waals surface area (Å²) < 4.78 is 0. The summed E-state index contributed by atoms with van der Waals surface area (Å²) in [6.45, 7) is 6.40. The Morgan fingerprint density at radius 2 is 1.95 bits per heavy atom. The molecular weight excluding hydrogens is 272 g/mol. The van der Waals surface area contributed by atoms with Gasteiger partial charge in [-0.25, -0.2) is 0 Å². The van der Waals surface area contributed by atoms with E-state index in [9.17, 15) is 10.2 Å². The van der Waals surface area contributed by atoms with Crippen molar-refractivity contribution in [1.82, 2.24) is 0 Å². The third-order valence-electron chi connectivity index (χ3n) is 7.55. The molecule has 1 aromatic rings. The average molecular weight is 300 g/mol. The van der Waals surface area contributed by atoms with E-state index in [1.165, 1.54) is 16.7 Å². The van der Waals surface area contributed by atoms with Crippen LogP contribution in [-0.4, -0.2) is 21.9 Å². The molecule has 3 aliphatic rings. The Morgan fingerprint density at radius 1 is 1.18 bits per heavy atom. The lowest BCUT2D eigenvalue weighted by molar-refractivity contribution is -0.125. The third-order valence-corrected chi connectivity index (χ3v) is 7.55. The van der Waals surface area contributed by atoms with Crippen LogP contribution in [0.3, 0.4) is 0 Å². The van der Waals surface area contributed by atoms with Gasteiger partial charge in [0.1, 0.15) is 0 Å². The number of aliphatic hydroxyl groups excluding tert-OH is 1. The molecule has 2 N–H and O–H groups in total. The van der Waals surface area contributed by atoms with Crippen LogP contribution in [0, 0.1) is 24.2 Å². The first kappa shape index (κ1) is 14.7. The molecule has 0 heterocycles. The van der Waals surface area contributed by atoms with Gasteiger partial charge in [-0.1, -0.05) is 25.1 Å². The highest BCUT2D eigenvalue weighted by atomic mass is 16.3. The average Bonchev–Trinajstić information content (AvgIpc) is 2.69. The highest BCUT2D eigenvalue weighted by Crippen LogP contribution is 2.64. The molecule has 2 nitrogen and oxygen atoms in total. The van der Waals surface area contributed by atoms with E-state index >= 15 is 0 Å². The smallest absolute Gasteiger partial charge is 0.0676 e. The maximum absolute atomic E-state index is 11.0. The number of aryl methyl sites for hydroxylation is 1. The van der Waals surface area contributed by atoms with Gasteiger partial charge in [0.25, 0.3) is 0 Å². The molecule has 120 valence electrons. The van der Waals surface area contributed by atoms with E-state index in [4.69, 9.17) is 0 Å². The van der Waals surface area contributed by atoms with Gasteiger partial charge >= 0.3 is 0 Å². The third kappa shape index (κ3) is 1.74. The highest BCUT2D eigenvalue weighted by molar-refractivity contribution is 5.41. The standard InChI is InChI=1S/C20H28O2/c1-12-5-4-6-14-13(12)7-8-15-16-9-10-20(3,22)19(16,2)11-17(21)18(14)15/h4-6,15-18,21-22H,7-11H2,1-3H3/t15-,16-,17-,18+,19-,20-/m0/s1. The normalized spacial score (nSPS) is 46.8. The van der Waals surface area contributed by atoms with Crippen LogP contribution in [0.5, 0.6) is 0 Å². The van der Waals surface area contributed by atoms with Crippen molar-refractivity contribution in [3.8, 4) is 0 Å². The first-order valence-corrected chi connectivity index (χ1v) is 8.84. The molecule has 0 aromatic heterocycles. The van der Waals surface area contributed by atoms with Crippen LogP contribution in [0.15, 0.2) is 18.2 Å². The van der Waals surface area contributed by atoms with Gasteiger partial charge < -0.3 is 10.2 Å². The van der Waals surface area contributed by atoms with Gasteiger partial charge in [0, 0.05) is 11.3 Å². The molecule has 22 heavy (non-hydrogen) atoms. The number of hydrogen-bond acceptors (Lipinski definition) is 2. The van der Waals surface area contributed by atoms with E-state index in [1.54, 1.807) is 0 Å². The molecule has 1 aromatic carbocycles. The van der Waals surface area contributed by atoms with Crippen LogP contribution in [0.2, 0.25) is 0 Å². The lowest BCUT2D eigenvalue weighted by atomic mass is 9.52. The maximum atomic E-state index is 11.0. The molecule has 0 amide bonds. The van der Waals surface area contributed by atoms with Crippen LogP contribution >= 0.6 is 0 Å². The first-order chi connectivity index (χ1) is 10.3. The van der Waals surface area contributed by atoms with Crippen molar-refractivity contribution in [2.45, 2.75) is 70.5 Å². The molecule has 0 aliphatic heterocycles. The number of fused-ring (bicyclic) bond motifs is 5. The van der Waals surface area contributed by atoms with Gasteiger partial charge in [0.05, 0.1) is 11.7 Å². The number of rotatable bonds is 0. The zero-order valence-electron chi connectivity index (χ0n) is 14.0. The van der Waals surface area contributed by atoms with E-state index in [-0.39, 0.29) is 17.4 Å². The topological polar surface area (TPSA) is 40.5 Å². The molecule has 0 unspecified atom stereocenters. The quantitative estimate of drug-likeness (QED) is 0.769. The van der Waals surface area contributed by atoms with Crippen molar-refractivity contribution in [3.63, 3.8) is 0 Å². The second-order valence-electron chi connectivity index (χ2n) is 8.48. The van der Waals surface area contributed by atoms with Crippen LogP contribution < -0.4 is 0 Å². The Labute approximate surface area is 133 Å². The second kappa shape index (κ2) is 4.58. The first-order valence-electron chi connectivity index (χ1n) is 8.84. The number of benzene rings is 1. The Balaban J connectivity index is 1.79. The summed E-state index contributed by atoms with van der Waals surface area (Å²) in [5.74, 6) is 1.34. The van der Waals surface area contributed by atoms with Crippen LogP contribution in [0.1, 0.15) is 62.1 Å². The fourth-order valence-corrected chi connectivity index (χ4v) is 6.10. The van der Waals surface area contributed by atoms with Crippen molar-refractivity contribution in [1.29, 1.82) is 0 Å². The summed E-state index contributed by atoms with van der Waals surface area (Å²) in [4.78, 5) is 0. The molecule has 2 heteroatoms. The molecule has 4 rings (SSSR count). The summed E-state index contributed by atoms with van der Waals surface area (Å²) in [6, 6.07) is 6.57. The van der Waals surface area contributed by atoms with Crippen molar-refractivity contribution in [3.05, 3.63) is 34.9 Å². The minimum Gasteiger partial charge on any atom is -0.392 e. The Morgan fingerprint density at radius 3 is 2.73 bits per heavy atom. The van der Waals surface area contributed by atoms with Crippen molar-refractivity contribution in [2.24, 2.45) is 17.3 Å². The molecule has 0 spiro atoms. The molecule has 6 atom stereocenters. The van der Waals surface area contributed by atoms with E-state index in [0.717, 1.165) is 32.1 Å². The van der Waals surface area contributed by atoms with Gasteiger partial charge in [-0.3, -0.25) is 0 Å². The Bertz CT molecular complexity index is 606. The fraction of sp³-hybridized carbons (Fsp3) is 0.700. The van der Waals surface area contributed by atoms with Crippen LogP contribution in [0.4, 0.5) is 0 Å². The van der Waals surface area contributed by atoms with Crippen molar-refractivity contribution >= 4 is 0 Å². The van der Waals surface area contributed by atoms with Crippen molar-refractivity contribution < 1.29 is 10.2 Å². The summed E-state index contributed by atoms with van der Waals surface area (Å²) in [6.07, 6.45) is 4.69. The predicted octanol–water partition coefficient (Wildman–Crippen LogP) is 3.57. The van der Waals surface area contributed by atoms with Crippen LogP contribution in [0.25, 0.3) is 0 Å². The minimum absolute atomic E-state index is 0.130. The minimum atomic E-state index is -0.628. The zero-order chi connectivity index (χ0) is 15.7. The summed E-state index contributed by atoms with van der Waals surface area (Å²) in [7, 11) is 0. The SMILES string of the molecule is Cc1cccc2c1CC[C@@H]1[C@@H]2[C@@H](O)C[C@@]2(C)[C@H]1CC[C@]2(C)O. The summed E-state index contributed by atoms with van der Waals surface area (Å²) >= 11 is 0. The molecule has 0 radical (unpaired) electrons. The lowest BCUT2D eigenvalue weighted by Gasteiger charge is -2.54. The largest absolute Gasteiger partial charge is 0.392 e. The van der Waals surface area contributed by atoms with Gasteiger partial charge in [0.2, 0.25) is 0 Å². The fourth-order valence-electron chi connectivity index (χ4n) is 6.10. The second-order valence-corrected chi connectivity index (χ2v) is 8.48. The zero-order valence-corrected chi connectivity index (χ0v) is 14.0. The van der Waals surface area contributed by atoms with E-state index in [2.05, 4.69) is 32.0 Å². The van der Waals surface area contributed by atoms with Gasteiger partial charge in [-0.05, 0) is 74.5 Å². The Hall–Kier alpha value is -0.860. The van der Waals surface area contributed by atoms with E-state index < -0.39 is 5.60 Å². The van der Waals surface area contributed by atoms with E-state index in [0.29, 0.717) is 11.8 Å². The molecule has 2 fully saturated rings. The van der Waals surface area contributed by atoms with Crippen molar-refractivity contribution in [2.75, 3.05) is 0 Å². The number of hydrogen-bond donors (Lipinski definition) is 2. The Kier molecular flexibility index (Phi) is 3.06. The lowest BCUT2D eigenvalue weighted by Crippen LogP contribution is -2.53. The predicted molar refractivity (Wildman–Crippen MR) is 87.8 cm³/mol. The molecule has 3 aliphatic carbocycles. The van der Waals surface area contributed by atoms with Gasteiger partial charge in [-0.15, -0.1) is 0 Å². The summed E-state index contributed by atoms with van der Waals surface area (Å²) in [5, 5.41) is 21.9. The highest BCUT2D eigenvalue weighted by Gasteiger charge is 2.61. The molecule has 2 saturated carbocycles. The molecule has 0 saturated heterocycles. The monoisotopic (exact) mass is 300 g/mol. The summed E-state index contributed by atoms with van der Waals surface area (Å²) in [5.41, 5.74) is 3.47. The van der Waals surface area contributed by atoms with Crippen LogP contribution in [-0.2, 0) is 6.42 Å². The van der Waals surface area contributed by atoms with E-state index in [1.807, 2.05) is 6.92 Å². The van der Waals surface area contributed by atoms with Gasteiger partial charge in [0.15, 0.2) is 0 Å². The molecular formula is C20H28O2. The maximum Gasteiger partial charge on any atom is 0.0676 e. The number of aliphatic hydroxyl groups is 2.